The van der Waals surface area contributed by atoms with E-state index in [4.69, 9.17) is 0 Å². The van der Waals surface area contributed by atoms with Crippen LogP contribution in [0.3, 0.4) is 0 Å². The topological polar surface area (TPSA) is 32.3 Å². The van der Waals surface area contributed by atoms with E-state index in [-0.39, 0.29) is 0 Å². The average molecular weight is 239 g/mol. The van der Waals surface area contributed by atoms with Crippen molar-refractivity contribution in [2.75, 3.05) is 0 Å². The summed E-state index contributed by atoms with van der Waals surface area (Å²) in [6.45, 7) is 6.11. The maximum Gasteiger partial charge on any atom is 0.0591 e. The number of rotatable bonds is 6. The Bertz CT molecular complexity index is 246. The van der Waals surface area contributed by atoms with Gasteiger partial charge in [0.15, 0.2) is 0 Å². The van der Waals surface area contributed by atoms with Crippen molar-refractivity contribution < 1.29 is 5.11 Å². The van der Waals surface area contributed by atoms with Crippen LogP contribution in [0.5, 0.6) is 0 Å². The minimum absolute atomic E-state index is 0.494. The highest BCUT2D eigenvalue weighted by Gasteiger charge is 2.39. The van der Waals surface area contributed by atoms with Gasteiger partial charge in [-0.3, -0.25) is 0 Å². The summed E-state index contributed by atoms with van der Waals surface area (Å²) in [7, 11) is 0. The first-order valence-corrected chi connectivity index (χ1v) is 7.42. The van der Waals surface area contributed by atoms with Crippen molar-refractivity contribution in [2.24, 2.45) is 11.8 Å². The predicted molar refractivity (Wildman–Crippen MR) is 72.0 cm³/mol. The number of aliphatic hydroxyl groups is 1. The van der Waals surface area contributed by atoms with Gasteiger partial charge >= 0.3 is 0 Å². The zero-order valence-electron chi connectivity index (χ0n) is 11.7. The van der Waals surface area contributed by atoms with E-state index in [0.29, 0.717) is 6.04 Å². The minimum Gasteiger partial charge on any atom is -0.390 e. The van der Waals surface area contributed by atoms with Gasteiger partial charge in [-0.05, 0) is 71.1 Å². The first kappa shape index (κ1) is 13.4. The molecule has 0 heterocycles. The Balaban J connectivity index is 1.63. The maximum atomic E-state index is 9.68. The molecule has 0 unspecified atom stereocenters. The molecule has 2 nitrogen and oxygen atoms in total. The Morgan fingerprint density at radius 2 is 2.06 bits per heavy atom. The van der Waals surface area contributed by atoms with Gasteiger partial charge in [0, 0.05) is 12.1 Å². The van der Waals surface area contributed by atoms with Gasteiger partial charge in [-0.2, -0.15) is 0 Å². The molecular formula is C15H29NO. The lowest BCUT2D eigenvalue weighted by Gasteiger charge is -2.27. The fourth-order valence-corrected chi connectivity index (χ4v) is 3.74. The summed E-state index contributed by atoms with van der Waals surface area (Å²) >= 11 is 0. The smallest absolute Gasteiger partial charge is 0.0591 e. The number of hydrogen-bond donors (Lipinski definition) is 2. The van der Waals surface area contributed by atoms with Gasteiger partial charge in [0.1, 0.15) is 0 Å². The highest BCUT2D eigenvalue weighted by molar-refractivity contribution is 4.94. The zero-order valence-corrected chi connectivity index (χ0v) is 11.7. The van der Waals surface area contributed by atoms with E-state index >= 15 is 0 Å². The molecule has 2 bridgehead atoms. The quantitative estimate of drug-likeness (QED) is 0.746. The third-order valence-electron chi connectivity index (χ3n) is 4.66. The first-order valence-electron chi connectivity index (χ1n) is 7.42. The second kappa shape index (κ2) is 5.27. The lowest BCUT2D eigenvalue weighted by atomic mass is 9.94. The molecule has 2 fully saturated rings. The summed E-state index contributed by atoms with van der Waals surface area (Å²) in [6.07, 6.45) is 9.06. The van der Waals surface area contributed by atoms with Crippen LogP contribution in [-0.4, -0.2) is 22.8 Å². The summed E-state index contributed by atoms with van der Waals surface area (Å²) in [5.41, 5.74) is -0.494. The van der Waals surface area contributed by atoms with Crippen LogP contribution in [0.4, 0.5) is 0 Å². The van der Waals surface area contributed by atoms with Crippen molar-refractivity contribution in [3.63, 3.8) is 0 Å². The Morgan fingerprint density at radius 3 is 2.59 bits per heavy atom. The van der Waals surface area contributed by atoms with Crippen molar-refractivity contribution in [3.8, 4) is 0 Å². The molecule has 2 aliphatic carbocycles. The summed E-state index contributed by atoms with van der Waals surface area (Å²) in [6, 6.07) is 1.41. The molecule has 0 radical (unpaired) electrons. The minimum atomic E-state index is -0.494. The number of nitrogens with one attached hydrogen (secondary N) is 1. The van der Waals surface area contributed by atoms with Gasteiger partial charge in [0.25, 0.3) is 0 Å². The molecule has 0 saturated heterocycles. The van der Waals surface area contributed by atoms with E-state index < -0.39 is 5.60 Å². The third kappa shape index (κ3) is 3.96. The van der Waals surface area contributed by atoms with E-state index in [0.717, 1.165) is 30.7 Å². The maximum absolute atomic E-state index is 9.68. The van der Waals surface area contributed by atoms with Crippen molar-refractivity contribution in [2.45, 2.75) is 83.4 Å². The standard InChI is InChI=1S/C15H29NO/c1-11(5-4-8-15(2,3)17)16-14-10-12-6-7-13(14)9-12/h11-14,16-17H,4-10H2,1-3H3/t11-,12+,13+,14+/m0/s1. The Labute approximate surface area is 106 Å². The molecule has 0 aromatic rings. The molecule has 0 spiro atoms. The molecule has 2 heteroatoms. The Morgan fingerprint density at radius 1 is 1.29 bits per heavy atom. The molecule has 2 N–H and O–H groups in total. The van der Waals surface area contributed by atoms with E-state index in [1.165, 1.54) is 32.1 Å². The largest absolute Gasteiger partial charge is 0.390 e. The molecule has 0 aromatic carbocycles. The van der Waals surface area contributed by atoms with Crippen molar-refractivity contribution in [1.82, 2.24) is 5.32 Å². The molecule has 100 valence electrons. The lowest BCUT2D eigenvalue weighted by Crippen LogP contribution is -2.40. The van der Waals surface area contributed by atoms with Crippen LogP contribution in [-0.2, 0) is 0 Å². The normalized spacial score (nSPS) is 34.2. The fourth-order valence-electron chi connectivity index (χ4n) is 3.74. The van der Waals surface area contributed by atoms with E-state index in [9.17, 15) is 5.11 Å². The summed E-state index contributed by atoms with van der Waals surface area (Å²) in [4.78, 5) is 0. The molecule has 17 heavy (non-hydrogen) atoms. The summed E-state index contributed by atoms with van der Waals surface area (Å²) < 4.78 is 0. The van der Waals surface area contributed by atoms with Crippen LogP contribution in [0.2, 0.25) is 0 Å². The average Bonchev–Trinajstić information content (AvgIpc) is 2.76. The van der Waals surface area contributed by atoms with E-state index in [1.807, 2.05) is 13.8 Å². The van der Waals surface area contributed by atoms with Crippen LogP contribution in [0.1, 0.15) is 65.7 Å². The van der Waals surface area contributed by atoms with Crippen molar-refractivity contribution >= 4 is 0 Å². The predicted octanol–water partition coefficient (Wildman–Crippen LogP) is 3.09. The van der Waals surface area contributed by atoms with Crippen LogP contribution >= 0.6 is 0 Å². The Kier molecular flexibility index (Phi) is 4.14. The molecule has 0 amide bonds. The number of fused-ring (bicyclic) bond motifs is 2. The first-order chi connectivity index (χ1) is 7.94. The van der Waals surface area contributed by atoms with Gasteiger partial charge in [-0.15, -0.1) is 0 Å². The van der Waals surface area contributed by atoms with Crippen LogP contribution in [0.25, 0.3) is 0 Å². The molecule has 2 aliphatic rings. The Hall–Kier alpha value is -0.0800. The molecule has 0 aromatic heterocycles. The second-order valence-corrected chi connectivity index (χ2v) is 7.05. The third-order valence-corrected chi connectivity index (χ3v) is 4.66. The van der Waals surface area contributed by atoms with Gasteiger partial charge < -0.3 is 10.4 Å². The van der Waals surface area contributed by atoms with Crippen molar-refractivity contribution in [3.05, 3.63) is 0 Å². The highest BCUT2D eigenvalue weighted by Crippen LogP contribution is 2.44. The zero-order chi connectivity index (χ0) is 12.5. The van der Waals surface area contributed by atoms with Gasteiger partial charge in [0.2, 0.25) is 0 Å². The highest BCUT2D eigenvalue weighted by atomic mass is 16.3. The summed E-state index contributed by atoms with van der Waals surface area (Å²) in [5, 5.41) is 13.5. The van der Waals surface area contributed by atoms with Crippen LogP contribution in [0.15, 0.2) is 0 Å². The molecule has 2 saturated carbocycles. The molecule has 0 aliphatic heterocycles. The van der Waals surface area contributed by atoms with Gasteiger partial charge in [0.05, 0.1) is 5.60 Å². The molecule has 4 atom stereocenters. The SMILES string of the molecule is C[C@@H](CCCC(C)(C)O)N[C@@H]1C[C@@H]2CC[C@@H]1C2. The van der Waals surface area contributed by atoms with Gasteiger partial charge in [-0.1, -0.05) is 6.42 Å². The molecular weight excluding hydrogens is 210 g/mol. The lowest BCUT2D eigenvalue weighted by molar-refractivity contribution is 0.0673. The molecule has 2 rings (SSSR count). The monoisotopic (exact) mass is 239 g/mol. The van der Waals surface area contributed by atoms with Crippen LogP contribution in [0, 0.1) is 11.8 Å². The fraction of sp³-hybridized carbons (Fsp3) is 1.00. The van der Waals surface area contributed by atoms with Crippen LogP contribution < -0.4 is 5.32 Å². The van der Waals surface area contributed by atoms with Crippen molar-refractivity contribution in [1.29, 1.82) is 0 Å². The number of hydrogen-bond acceptors (Lipinski definition) is 2. The second-order valence-electron chi connectivity index (χ2n) is 7.05. The summed E-state index contributed by atoms with van der Waals surface area (Å²) in [5.74, 6) is 2.00. The van der Waals surface area contributed by atoms with E-state index in [1.54, 1.807) is 0 Å². The van der Waals surface area contributed by atoms with Gasteiger partial charge in [-0.25, -0.2) is 0 Å². The van der Waals surface area contributed by atoms with E-state index in [2.05, 4.69) is 12.2 Å².